The Kier molecular flexibility index (Phi) is 6.41. The Labute approximate surface area is 175 Å². The van der Waals surface area contributed by atoms with Gasteiger partial charge in [0.1, 0.15) is 9.88 Å². The number of carbonyl (C=O) groups is 1. The summed E-state index contributed by atoms with van der Waals surface area (Å²) in [6.45, 7) is 2.75. The number of rotatable bonds is 6. The highest BCUT2D eigenvalue weighted by molar-refractivity contribution is 7.17. The van der Waals surface area contributed by atoms with Crippen LogP contribution in [0.25, 0.3) is 10.6 Å². The molecule has 0 radical (unpaired) electrons. The van der Waals surface area contributed by atoms with Gasteiger partial charge in [-0.2, -0.15) is 13.9 Å². The Bertz CT molecular complexity index is 1110. The van der Waals surface area contributed by atoms with E-state index in [-0.39, 0.29) is 5.75 Å². The molecule has 0 saturated carbocycles. The molecule has 6 nitrogen and oxygen atoms in total. The Hall–Kier alpha value is -3.33. The molecule has 0 aliphatic rings. The minimum Gasteiger partial charge on any atom is -0.504 e. The van der Waals surface area contributed by atoms with Crippen molar-refractivity contribution in [2.75, 3.05) is 0 Å². The Morgan fingerprint density at radius 2 is 2.03 bits per heavy atom. The van der Waals surface area contributed by atoms with E-state index in [9.17, 15) is 18.7 Å². The van der Waals surface area contributed by atoms with Crippen molar-refractivity contribution in [3.05, 3.63) is 63.7 Å². The maximum Gasteiger partial charge on any atom is 0.387 e. The summed E-state index contributed by atoms with van der Waals surface area (Å²) in [5.74, 6) is -1.22. The number of hydrogen-bond acceptors (Lipinski definition) is 6. The van der Waals surface area contributed by atoms with Gasteiger partial charge >= 0.3 is 6.61 Å². The molecule has 0 bridgehead atoms. The number of thiazole rings is 1. The topological polar surface area (TPSA) is 83.8 Å². The zero-order valence-corrected chi connectivity index (χ0v) is 17.3. The second-order valence-corrected chi connectivity index (χ2v) is 7.48. The van der Waals surface area contributed by atoms with E-state index in [1.807, 2.05) is 32.0 Å². The summed E-state index contributed by atoms with van der Waals surface area (Å²) >= 11 is 1.28. The van der Waals surface area contributed by atoms with E-state index in [1.165, 1.54) is 35.8 Å². The van der Waals surface area contributed by atoms with Gasteiger partial charge in [-0.3, -0.25) is 4.79 Å². The number of hydrazone groups is 1. The zero-order valence-electron chi connectivity index (χ0n) is 16.4. The van der Waals surface area contributed by atoms with Crippen LogP contribution in [0.2, 0.25) is 0 Å². The number of phenols is 1. The molecule has 2 aromatic carbocycles. The summed E-state index contributed by atoms with van der Waals surface area (Å²) in [4.78, 5) is 17.4. The van der Waals surface area contributed by atoms with Crippen molar-refractivity contribution in [1.82, 2.24) is 10.4 Å². The van der Waals surface area contributed by atoms with E-state index in [1.54, 1.807) is 6.92 Å². The van der Waals surface area contributed by atoms with Crippen LogP contribution in [0.1, 0.15) is 32.1 Å². The number of ether oxygens (including phenoxy) is 1. The number of aryl methyl sites for hydroxylation is 2. The molecule has 1 heterocycles. The highest BCUT2D eigenvalue weighted by Crippen LogP contribution is 2.31. The lowest BCUT2D eigenvalue weighted by atomic mass is 10.0. The molecule has 30 heavy (non-hydrogen) atoms. The summed E-state index contributed by atoms with van der Waals surface area (Å²) < 4.78 is 28.6. The van der Waals surface area contributed by atoms with Crippen LogP contribution in [0.15, 0.2) is 41.5 Å². The molecule has 1 amide bonds. The van der Waals surface area contributed by atoms with E-state index in [0.29, 0.717) is 16.1 Å². The standard InChI is InChI=1S/C21H19F2N3O3S/c1-11-5-4-6-15(12(11)2)20-25-13(3)18(30-20)19(28)26-24-10-14-7-8-17(16(27)9-14)29-21(22)23/h4-10,21,27H,1-3H3,(H,26,28)/b24-10+. The number of benzene rings is 2. The molecule has 0 spiro atoms. The van der Waals surface area contributed by atoms with E-state index in [4.69, 9.17) is 0 Å². The summed E-state index contributed by atoms with van der Waals surface area (Å²) in [5.41, 5.74) is 6.63. The molecule has 3 rings (SSSR count). The minimum absolute atomic E-state index is 0.342. The molecular weight excluding hydrogens is 412 g/mol. The first-order valence-electron chi connectivity index (χ1n) is 8.91. The van der Waals surface area contributed by atoms with Crippen LogP contribution < -0.4 is 10.2 Å². The number of hydrogen-bond donors (Lipinski definition) is 2. The lowest BCUT2D eigenvalue weighted by molar-refractivity contribution is -0.0512. The summed E-state index contributed by atoms with van der Waals surface area (Å²) in [5, 5.41) is 14.3. The van der Waals surface area contributed by atoms with Gasteiger partial charge in [0.2, 0.25) is 0 Å². The lowest BCUT2D eigenvalue weighted by Gasteiger charge is -2.06. The van der Waals surface area contributed by atoms with Crippen LogP contribution in [0, 0.1) is 20.8 Å². The van der Waals surface area contributed by atoms with Crippen molar-refractivity contribution in [1.29, 1.82) is 0 Å². The normalized spacial score (nSPS) is 11.3. The number of alkyl halides is 2. The predicted octanol–water partition coefficient (Wildman–Crippen LogP) is 4.81. The fraction of sp³-hybridized carbons (Fsp3) is 0.190. The van der Waals surface area contributed by atoms with Crippen LogP contribution in [-0.2, 0) is 0 Å². The van der Waals surface area contributed by atoms with Crippen molar-refractivity contribution in [3.63, 3.8) is 0 Å². The van der Waals surface area contributed by atoms with Crippen LogP contribution >= 0.6 is 11.3 Å². The highest BCUT2D eigenvalue weighted by Gasteiger charge is 2.17. The van der Waals surface area contributed by atoms with E-state index >= 15 is 0 Å². The Morgan fingerprint density at radius 3 is 2.73 bits per heavy atom. The maximum atomic E-state index is 12.5. The van der Waals surface area contributed by atoms with Crippen molar-refractivity contribution >= 4 is 23.5 Å². The van der Waals surface area contributed by atoms with Gasteiger partial charge in [-0.25, -0.2) is 10.4 Å². The summed E-state index contributed by atoms with van der Waals surface area (Å²) in [7, 11) is 0. The summed E-state index contributed by atoms with van der Waals surface area (Å²) in [6.07, 6.45) is 1.28. The van der Waals surface area contributed by atoms with Gasteiger partial charge < -0.3 is 9.84 Å². The molecule has 0 saturated heterocycles. The third kappa shape index (κ3) is 4.80. The van der Waals surface area contributed by atoms with E-state index in [0.717, 1.165) is 21.7 Å². The van der Waals surface area contributed by atoms with Gasteiger partial charge in [0, 0.05) is 5.56 Å². The van der Waals surface area contributed by atoms with E-state index < -0.39 is 18.3 Å². The van der Waals surface area contributed by atoms with Gasteiger partial charge in [0.15, 0.2) is 11.5 Å². The molecule has 2 N–H and O–H groups in total. The van der Waals surface area contributed by atoms with Gasteiger partial charge in [-0.1, -0.05) is 18.2 Å². The summed E-state index contributed by atoms with van der Waals surface area (Å²) in [6, 6.07) is 9.74. The first kappa shape index (κ1) is 21.4. The number of aromatic nitrogens is 1. The van der Waals surface area contributed by atoms with Crippen molar-refractivity contribution in [2.45, 2.75) is 27.4 Å². The predicted molar refractivity (Wildman–Crippen MR) is 112 cm³/mol. The van der Waals surface area contributed by atoms with Crippen LogP contribution in [0.4, 0.5) is 8.78 Å². The van der Waals surface area contributed by atoms with Crippen molar-refractivity contribution in [3.8, 4) is 22.1 Å². The molecule has 0 atom stereocenters. The third-order valence-corrected chi connectivity index (χ3v) is 5.61. The first-order chi connectivity index (χ1) is 14.3. The number of carbonyl (C=O) groups excluding carboxylic acids is 1. The molecule has 0 aliphatic carbocycles. The quantitative estimate of drug-likeness (QED) is 0.434. The molecule has 0 fully saturated rings. The average molecular weight is 431 g/mol. The molecule has 0 unspecified atom stereocenters. The van der Waals surface area contributed by atoms with Crippen molar-refractivity contribution < 1.29 is 23.4 Å². The van der Waals surface area contributed by atoms with Gasteiger partial charge in [-0.05, 0) is 55.7 Å². The zero-order chi connectivity index (χ0) is 21.8. The van der Waals surface area contributed by atoms with Crippen molar-refractivity contribution in [2.24, 2.45) is 5.10 Å². The fourth-order valence-corrected chi connectivity index (χ4v) is 3.77. The number of nitrogens with one attached hydrogen (secondary N) is 1. The molecule has 156 valence electrons. The van der Waals surface area contributed by atoms with Crippen LogP contribution in [-0.4, -0.2) is 28.8 Å². The SMILES string of the molecule is Cc1cccc(-c2nc(C)c(C(=O)N/N=C/c3ccc(OC(F)F)c(O)c3)s2)c1C. The molecular formula is C21H19F2N3O3S. The number of nitrogens with zero attached hydrogens (tertiary/aromatic N) is 2. The molecule has 3 aromatic rings. The second-order valence-electron chi connectivity index (χ2n) is 6.49. The number of halogens is 2. The Balaban J connectivity index is 1.72. The minimum atomic E-state index is -3.04. The van der Waals surface area contributed by atoms with Crippen LogP contribution in [0.3, 0.4) is 0 Å². The smallest absolute Gasteiger partial charge is 0.387 e. The lowest BCUT2D eigenvalue weighted by Crippen LogP contribution is -2.17. The first-order valence-corrected chi connectivity index (χ1v) is 9.73. The fourth-order valence-electron chi connectivity index (χ4n) is 2.73. The van der Waals surface area contributed by atoms with E-state index in [2.05, 4.69) is 20.2 Å². The molecule has 1 aromatic heterocycles. The highest BCUT2D eigenvalue weighted by atomic mass is 32.1. The number of aromatic hydroxyl groups is 1. The third-order valence-electron chi connectivity index (χ3n) is 4.42. The molecule has 0 aliphatic heterocycles. The van der Waals surface area contributed by atoms with Gasteiger partial charge in [-0.15, -0.1) is 11.3 Å². The Morgan fingerprint density at radius 1 is 1.27 bits per heavy atom. The monoisotopic (exact) mass is 431 g/mol. The number of phenolic OH excluding ortho intramolecular Hbond substituents is 1. The second kappa shape index (κ2) is 9.00. The largest absolute Gasteiger partial charge is 0.504 e. The van der Waals surface area contributed by atoms with Crippen LogP contribution in [0.5, 0.6) is 11.5 Å². The molecule has 9 heteroatoms. The number of amides is 1. The van der Waals surface area contributed by atoms with Gasteiger partial charge in [0.25, 0.3) is 5.91 Å². The maximum absolute atomic E-state index is 12.5. The van der Waals surface area contributed by atoms with Gasteiger partial charge in [0.05, 0.1) is 11.9 Å². The average Bonchev–Trinajstić information content (AvgIpc) is 3.07.